The average molecular weight is 176 g/mol. The normalized spacial score (nSPS) is 10.2. The summed E-state index contributed by atoms with van der Waals surface area (Å²) in [6.07, 6.45) is 0. The summed E-state index contributed by atoms with van der Waals surface area (Å²) in [4.78, 5) is 2.46. The molecule has 3 heteroatoms. The molecule has 11 heavy (non-hydrogen) atoms. The Morgan fingerprint density at radius 2 is 2.00 bits per heavy atom. The van der Waals surface area contributed by atoms with Gasteiger partial charge in [-0.1, -0.05) is 17.6 Å². The molecule has 0 saturated heterocycles. The maximum absolute atomic E-state index is 5.75. The fourth-order valence-electron chi connectivity index (χ4n) is 0.927. The molecule has 2 radical (unpaired) electrons. The molecule has 0 nitrogen and oxygen atoms in total. The SMILES string of the molecule is [B]c1ccsc1-c1cccs1. The minimum absolute atomic E-state index is 0.887. The van der Waals surface area contributed by atoms with Gasteiger partial charge >= 0.3 is 0 Å². The molecule has 2 aromatic heterocycles. The van der Waals surface area contributed by atoms with Gasteiger partial charge in [0.2, 0.25) is 0 Å². The monoisotopic (exact) mass is 176 g/mol. The fourth-order valence-corrected chi connectivity index (χ4v) is 2.64. The van der Waals surface area contributed by atoms with Gasteiger partial charge in [0.25, 0.3) is 0 Å². The van der Waals surface area contributed by atoms with Crippen molar-refractivity contribution in [1.29, 1.82) is 0 Å². The maximum atomic E-state index is 5.75. The molecule has 0 N–H and O–H groups in total. The van der Waals surface area contributed by atoms with Gasteiger partial charge in [0.1, 0.15) is 7.85 Å². The van der Waals surface area contributed by atoms with Crippen molar-refractivity contribution in [2.45, 2.75) is 0 Å². The number of rotatable bonds is 1. The third-order valence-electron chi connectivity index (χ3n) is 1.44. The maximum Gasteiger partial charge on any atom is 0.115 e. The second kappa shape index (κ2) is 2.84. The summed E-state index contributed by atoms with van der Waals surface area (Å²) >= 11 is 3.42. The Labute approximate surface area is 74.9 Å². The molecular weight excluding hydrogens is 171 g/mol. The highest BCUT2D eigenvalue weighted by atomic mass is 32.1. The van der Waals surface area contributed by atoms with Crippen LogP contribution in [0.1, 0.15) is 0 Å². The van der Waals surface area contributed by atoms with Crippen LogP contribution in [-0.2, 0) is 0 Å². The molecule has 2 heterocycles. The highest BCUT2D eigenvalue weighted by Crippen LogP contribution is 2.26. The fraction of sp³-hybridized carbons (Fsp3) is 0. The Morgan fingerprint density at radius 3 is 2.55 bits per heavy atom. The zero-order valence-electron chi connectivity index (χ0n) is 5.78. The van der Waals surface area contributed by atoms with Crippen molar-refractivity contribution in [3.05, 3.63) is 29.0 Å². The first-order chi connectivity index (χ1) is 5.38. The third kappa shape index (κ3) is 1.26. The van der Waals surface area contributed by atoms with E-state index in [0.717, 1.165) is 5.46 Å². The van der Waals surface area contributed by atoms with Gasteiger partial charge in [-0.25, -0.2) is 0 Å². The lowest BCUT2D eigenvalue weighted by molar-refractivity contribution is 1.98. The quantitative estimate of drug-likeness (QED) is 0.584. The van der Waals surface area contributed by atoms with Crippen molar-refractivity contribution >= 4 is 36.0 Å². The van der Waals surface area contributed by atoms with Gasteiger partial charge < -0.3 is 0 Å². The molecule has 0 bridgehead atoms. The van der Waals surface area contributed by atoms with Crippen LogP contribution in [0.2, 0.25) is 0 Å². The third-order valence-corrected chi connectivity index (χ3v) is 3.42. The van der Waals surface area contributed by atoms with E-state index in [0.29, 0.717) is 0 Å². The van der Waals surface area contributed by atoms with E-state index in [1.54, 1.807) is 22.7 Å². The van der Waals surface area contributed by atoms with Gasteiger partial charge in [-0.3, -0.25) is 0 Å². The van der Waals surface area contributed by atoms with E-state index in [9.17, 15) is 0 Å². The zero-order valence-corrected chi connectivity index (χ0v) is 7.41. The van der Waals surface area contributed by atoms with E-state index in [1.165, 1.54) is 9.75 Å². The second-order valence-corrected chi connectivity index (χ2v) is 4.05. The minimum Gasteiger partial charge on any atom is -0.144 e. The lowest BCUT2D eigenvalue weighted by Crippen LogP contribution is -1.98. The molecule has 0 aliphatic heterocycles. The Hall–Kier alpha value is -0.535. The summed E-state index contributed by atoms with van der Waals surface area (Å²) in [5.74, 6) is 0. The topological polar surface area (TPSA) is 0 Å². The van der Waals surface area contributed by atoms with Gasteiger partial charge in [-0.15, -0.1) is 22.7 Å². The second-order valence-electron chi connectivity index (χ2n) is 2.18. The summed E-state index contributed by atoms with van der Waals surface area (Å²) in [5.41, 5.74) is 0.887. The summed E-state index contributed by atoms with van der Waals surface area (Å²) < 4.78 is 0. The average Bonchev–Trinajstić information content (AvgIpc) is 2.55. The van der Waals surface area contributed by atoms with Crippen molar-refractivity contribution in [2.75, 3.05) is 0 Å². The predicted molar refractivity (Wildman–Crippen MR) is 53.0 cm³/mol. The van der Waals surface area contributed by atoms with Gasteiger partial charge in [-0.05, 0) is 16.8 Å². The molecule has 0 fully saturated rings. The van der Waals surface area contributed by atoms with Crippen LogP contribution in [0.15, 0.2) is 29.0 Å². The van der Waals surface area contributed by atoms with E-state index in [4.69, 9.17) is 7.85 Å². The van der Waals surface area contributed by atoms with Crippen LogP contribution in [0.3, 0.4) is 0 Å². The summed E-state index contributed by atoms with van der Waals surface area (Å²) in [5, 5.41) is 4.08. The van der Waals surface area contributed by atoms with E-state index in [-0.39, 0.29) is 0 Å². The van der Waals surface area contributed by atoms with Crippen molar-refractivity contribution < 1.29 is 0 Å². The molecule has 0 amide bonds. The van der Waals surface area contributed by atoms with Crippen LogP contribution in [-0.4, -0.2) is 7.85 Å². The van der Waals surface area contributed by atoms with Gasteiger partial charge in [0, 0.05) is 9.75 Å². The predicted octanol–water partition coefficient (Wildman–Crippen LogP) is 2.27. The van der Waals surface area contributed by atoms with Crippen LogP contribution in [0.25, 0.3) is 9.75 Å². The lowest BCUT2D eigenvalue weighted by Gasteiger charge is -1.92. The van der Waals surface area contributed by atoms with E-state index in [2.05, 4.69) is 11.4 Å². The molecule has 0 aliphatic carbocycles. The molecule has 2 aromatic rings. The molecule has 0 aliphatic rings. The first-order valence-electron chi connectivity index (χ1n) is 3.25. The number of hydrogen-bond donors (Lipinski definition) is 0. The molecular formula is C8H5BS2. The van der Waals surface area contributed by atoms with E-state index >= 15 is 0 Å². The minimum atomic E-state index is 0.887. The Balaban J connectivity index is 2.53. The molecule has 0 spiro atoms. The largest absolute Gasteiger partial charge is 0.144 e. The van der Waals surface area contributed by atoms with Crippen LogP contribution in [0.4, 0.5) is 0 Å². The standard InChI is InChI=1S/C8H5BS2/c9-6-3-5-11-8(6)7-2-1-4-10-7/h1-5H. The van der Waals surface area contributed by atoms with Crippen LogP contribution >= 0.6 is 22.7 Å². The Kier molecular flexibility index (Phi) is 1.84. The molecule has 52 valence electrons. The zero-order chi connectivity index (χ0) is 7.68. The van der Waals surface area contributed by atoms with E-state index in [1.807, 2.05) is 17.5 Å². The Bertz CT molecular complexity index is 335. The summed E-state index contributed by atoms with van der Waals surface area (Å²) in [6.45, 7) is 0. The molecule has 0 saturated carbocycles. The Morgan fingerprint density at radius 1 is 1.09 bits per heavy atom. The molecule has 0 atom stereocenters. The lowest BCUT2D eigenvalue weighted by atomic mass is 9.97. The number of thiophene rings is 2. The molecule has 0 aromatic carbocycles. The first-order valence-corrected chi connectivity index (χ1v) is 5.00. The van der Waals surface area contributed by atoms with Gasteiger partial charge in [0.15, 0.2) is 0 Å². The molecule has 2 rings (SSSR count). The highest BCUT2D eigenvalue weighted by Gasteiger charge is 2.01. The molecule has 0 unspecified atom stereocenters. The first kappa shape index (κ1) is 7.13. The van der Waals surface area contributed by atoms with Gasteiger partial charge in [-0.2, -0.15) is 0 Å². The number of hydrogen-bond acceptors (Lipinski definition) is 2. The van der Waals surface area contributed by atoms with Crippen LogP contribution < -0.4 is 5.46 Å². The summed E-state index contributed by atoms with van der Waals surface area (Å²) in [6, 6.07) is 6.08. The van der Waals surface area contributed by atoms with Crippen LogP contribution in [0.5, 0.6) is 0 Å². The van der Waals surface area contributed by atoms with Crippen molar-refractivity contribution in [2.24, 2.45) is 0 Å². The van der Waals surface area contributed by atoms with E-state index < -0.39 is 0 Å². The summed E-state index contributed by atoms with van der Waals surface area (Å²) in [7, 11) is 5.75. The van der Waals surface area contributed by atoms with Crippen molar-refractivity contribution in [3.8, 4) is 9.75 Å². The smallest absolute Gasteiger partial charge is 0.115 e. The van der Waals surface area contributed by atoms with Crippen molar-refractivity contribution in [1.82, 2.24) is 0 Å². The van der Waals surface area contributed by atoms with Gasteiger partial charge in [0.05, 0.1) is 0 Å². The van der Waals surface area contributed by atoms with Crippen LogP contribution in [0, 0.1) is 0 Å². The highest BCUT2D eigenvalue weighted by molar-refractivity contribution is 7.21. The van der Waals surface area contributed by atoms with Crippen molar-refractivity contribution in [3.63, 3.8) is 0 Å².